The largest absolute Gasteiger partial charge is 0.481 e. The van der Waals surface area contributed by atoms with Gasteiger partial charge in [-0.25, -0.2) is 19.7 Å². The van der Waals surface area contributed by atoms with Gasteiger partial charge in [0.25, 0.3) is 0 Å². The highest BCUT2D eigenvalue weighted by Crippen LogP contribution is 2.31. The number of hydrogen-bond donors (Lipinski definition) is 1. The zero-order valence-corrected chi connectivity index (χ0v) is 17.6. The van der Waals surface area contributed by atoms with Crippen molar-refractivity contribution in [1.29, 1.82) is 0 Å². The molecule has 0 radical (unpaired) electrons. The minimum absolute atomic E-state index is 0.0213. The SMILES string of the molecule is COc1ccc(-c2cccc(Nc3cc4c(cn3)n(C)c(=O)n4C3CCCC3)n2)cn1. The number of aromatic nitrogens is 5. The second-order valence-corrected chi connectivity index (χ2v) is 7.83. The predicted molar refractivity (Wildman–Crippen MR) is 120 cm³/mol. The third-order valence-electron chi connectivity index (χ3n) is 5.91. The first-order valence-electron chi connectivity index (χ1n) is 10.5. The minimum Gasteiger partial charge on any atom is -0.481 e. The van der Waals surface area contributed by atoms with Crippen molar-refractivity contribution >= 4 is 22.7 Å². The fourth-order valence-corrected chi connectivity index (χ4v) is 4.29. The van der Waals surface area contributed by atoms with Crippen molar-refractivity contribution in [2.75, 3.05) is 12.4 Å². The number of nitrogens with zero attached hydrogens (tertiary/aromatic N) is 5. The van der Waals surface area contributed by atoms with E-state index in [1.54, 1.807) is 31.1 Å². The van der Waals surface area contributed by atoms with Crippen LogP contribution in [0.25, 0.3) is 22.3 Å². The van der Waals surface area contributed by atoms with Crippen molar-refractivity contribution in [3.05, 3.63) is 59.3 Å². The number of fused-ring (bicyclic) bond motifs is 1. The van der Waals surface area contributed by atoms with Crippen LogP contribution in [0.2, 0.25) is 0 Å². The van der Waals surface area contributed by atoms with Gasteiger partial charge in [-0.3, -0.25) is 9.13 Å². The molecule has 0 saturated heterocycles. The van der Waals surface area contributed by atoms with E-state index in [1.807, 2.05) is 41.0 Å². The molecule has 5 rings (SSSR count). The number of imidazole rings is 1. The second kappa shape index (κ2) is 7.86. The lowest BCUT2D eigenvalue weighted by molar-refractivity contribution is 0.398. The number of rotatable bonds is 5. The summed E-state index contributed by atoms with van der Waals surface area (Å²) in [6.07, 6.45) is 7.91. The third kappa shape index (κ3) is 3.54. The number of aryl methyl sites for hydroxylation is 1. The highest BCUT2D eigenvalue weighted by molar-refractivity contribution is 5.79. The number of anilines is 2. The molecule has 1 aliphatic rings. The van der Waals surface area contributed by atoms with E-state index in [1.165, 1.54) is 12.8 Å². The minimum atomic E-state index is 0.0213. The molecule has 1 fully saturated rings. The Morgan fingerprint density at radius 1 is 1.03 bits per heavy atom. The molecule has 0 atom stereocenters. The summed E-state index contributed by atoms with van der Waals surface area (Å²) in [4.78, 5) is 26.3. The van der Waals surface area contributed by atoms with E-state index in [2.05, 4.69) is 15.3 Å². The Morgan fingerprint density at radius 3 is 2.61 bits per heavy atom. The van der Waals surface area contributed by atoms with Gasteiger partial charge in [0.05, 0.1) is 30.0 Å². The van der Waals surface area contributed by atoms with Gasteiger partial charge in [-0.2, -0.15) is 0 Å². The summed E-state index contributed by atoms with van der Waals surface area (Å²) in [5.74, 6) is 1.89. The average Bonchev–Trinajstić information content (AvgIpc) is 3.41. The molecule has 0 spiro atoms. The van der Waals surface area contributed by atoms with Crippen molar-refractivity contribution in [1.82, 2.24) is 24.1 Å². The van der Waals surface area contributed by atoms with E-state index in [9.17, 15) is 4.79 Å². The molecule has 0 aromatic carbocycles. The summed E-state index contributed by atoms with van der Waals surface area (Å²) in [7, 11) is 3.40. The molecule has 158 valence electrons. The summed E-state index contributed by atoms with van der Waals surface area (Å²) in [6, 6.07) is 11.7. The molecule has 4 aromatic rings. The van der Waals surface area contributed by atoms with Crippen LogP contribution in [0.3, 0.4) is 0 Å². The van der Waals surface area contributed by atoms with E-state index in [-0.39, 0.29) is 11.7 Å². The summed E-state index contributed by atoms with van der Waals surface area (Å²) in [5.41, 5.74) is 3.46. The number of pyridine rings is 3. The van der Waals surface area contributed by atoms with E-state index in [4.69, 9.17) is 9.72 Å². The zero-order chi connectivity index (χ0) is 21.4. The van der Waals surface area contributed by atoms with Crippen molar-refractivity contribution in [3.8, 4) is 17.1 Å². The molecule has 8 nitrogen and oxygen atoms in total. The summed E-state index contributed by atoms with van der Waals surface area (Å²) >= 11 is 0. The molecular formula is C23H24N6O2. The van der Waals surface area contributed by atoms with Crippen LogP contribution in [-0.2, 0) is 7.05 Å². The summed E-state index contributed by atoms with van der Waals surface area (Å²) in [5, 5.41) is 3.28. The number of methoxy groups -OCH3 is 1. The molecule has 1 N–H and O–H groups in total. The van der Waals surface area contributed by atoms with Crippen LogP contribution >= 0.6 is 0 Å². The predicted octanol–water partition coefficient (Wildman–Crippen LogP) is 4.06. The first-order chi connectivity index (χ1) is 15.1. The third-order valence-corrected chi connectivity index (χ3v) is 5.91. The Balaban J connectivity index is 1.48. The van der Waals surface area contributed by atoms with Crippen LogP contribution in [0.15, 0.2) is 53.6 Å². The molecule has 4 heterocycles. The van der Waals surface area contributed by atoms with E-state index in [0.717, 1.165) is 35.1 Å². The molecule has 0 bridgehead atoms. The molecule has 0 unspecified atom stereocenters. The van der Waals surface area contributed by atoms with Crippen LogP contribution in [0.4, 0.5) is 11.6 Å². The van der Waals surface area contributed by atoms with Crippen LogP contribution in [0.5, 0.6) is 5.88 Å². The molecular weight excluding hydrogens is 392 g/mol. The van der Waals surface area contributed by atoms with E-state index < -0.39 is 0 Å². The van der Waals surface area contributed by atoms with Gasteiger partial charge >= 0.3 is 5.69 Å². The highest BCUT2D eigenvalue weighted by Gasteiger charge is 2.23. The van der Waals surface area contributed by atoms with Gasteiger partial charge in [-0.15, -0.1) is 0 Å². The van der Waals surface area contributed by atoms with Crippen molar-refractivity contribution in [2.24, 2.45) is 7.05 Å². The Bertz CT molecular complexity index is 1290. The molecule has 4 aromatic heterocycles. The van der Waals surface area contributed by atoms with Gasteiger partial charge in [-0.05, 0) is 31.0 Å². The maximum Gasteiger partial charge on any atom is 0.329 e. The Labute approximate surface area is 179 Å². The van der Waals surface area contributed by atoms with Gasteiger partial charge in [0.15, 0.2) is 0 Å². The van der Waals surface area contributed by atoms with Crippen LogP contribution in [0, 0.1) is 0 Å². The topological polar surface area (TPSA) is 86.9 Å². The highest BCUT2D eigenvalue weighted by atomic mass is 16.5. The van der Waals surface area contributed by atoms with Crippen molar-refractivity contribution in [2.45, 2.75) is 31.7 Å². The lowest BCUT2D eigenvalue weighted by Crippen LogP contribution is -2.24. The molecule has 0 aliphatic heterocycles. The van der Waals surface area contributed by atoms with Gasteiger partial charge in [0.1, 0.15) is 11.6 Å². The number of hydrogen-bond acceptors (Lipinski definition) is 6. The molecule has 0 amide bonds. The van der Waals surface area contributed by atoms with Crippen LogP contribution in [-0.4, -0.2) is 31.2 Å². The molecule has 31 heavy (non-hydrogen) atoms. The molecule has 1 aliphatic carbocycles. The lowest BCUT2D eigenvalue weighted by atomic mass is 10.2. The fourth-order valence-electron chi connectivity index (χ4n) is 4.29. The fraction of sp³-hybridized carbons (Fsp3) is 0.304. The Kier molecular flexibility index (Phi) is 4.89. The molecule has 8 heteroatoms. The van der Waals surface area contributed by atoms with Gasteiger partial charge in [0.2, 0.25) is 5.88 Å². The van der Waals surface area contributed by atoms with Crippen molar-refractivity contribution < 1.29 is 4.74 Å². The second-order valence-electron chi connectivity index (χ2n) is 7.83. The Morgan fingerprint density at radius 2 is 1.87 bits per heavy atom. The zero-order valence-electron chi connectivity index (χ0n) is 17.6. The monoisotopic (exact) mass is 416 g/mol. The quantitative estimate of drug-likeness (QED) is 0.528. The van der Waals surface area contributed by atoms with Crippen molar-refractivity contribution in [3.63, 3.8) is 0 Å². The number of ether oxygens (including phenoxy) is 1. The average molecular weight is 416 g/mol. The first kappa shape index (κ1) is 19.3. The smallest absolute Gasteiger partial charge is 0.329 e. The van der Waals surface area contributed by atoms with Crippen LogP contribution < -0.4 is 15.7 Å². The number of nitrogens with one attached hydrogen (secondary N) is 1. The summed E-state index contributed by atoms with van der Waals surface area (Å²) in [6.45, 7) is 0. The standard InChI is InChI=1S/C23H24N6O2/c1-28-19-14-24-21(12-18(19)29(23(28)30)16-6-3-4-7-16)27-20-9-5-8-17(26-20)15-10-11-22(31-2)25-13-15/h5,8-14,16H,3-4,6-7H2,1-2H3,(H,24,26,27). The van der Waals surface area contributed by atoms with Gasteiger partial charge in [-0.1, -0.05) is 18.9 Å². The van der Waals surface area contributed by atoms with E-state index >= 15 is 0 Å². The van der Waals surface area contributed by atoms with Crippen LogP contribution in [0.1, 0.15) is 31.7 Å². The molecule has 1 saturated carbocycles. The van der Waals surface area contributed by atoms with E-state index in [0.29, 0.717) is 17.5 Å². The summed E-state index contributed by atoms with van der Waals surface area (Å²) < 4.78 is 8.73. The Hall–Kier alpha value is -3.68. The maximum absolute atomic E-state index is 12.8. The maximum atomic E-state index is 12.8. The lowest BCUT2D eigenvalue weighted by Gasteiger charge is -2.12. The van der Waals surface area contributed by atoms with Gasteiger partial charge < -0.3 is 10.1 Å². The van der Waals surface area contributed by atoms with Gasteiger partial charge in [0, 0.05) is 37.0 Å². The normalized spacial score (nSPS) is 14.3. The first-order valence-corrected chi connectivity index (χ1v) is 10.5.